The molecule has 1 radical (unpaired) electrons. The van der Waals surface area contributed by atoms with Crippen molar-refractivity contribution in [3.63, 3.8) is 0 Å². The first kappa shape index (κ1) is 6.29. The van der Waals surface area contributed by atoms with Crippen LogP contribution in [0.1, 0.15) is 0 Å². The van der Waals surface area contributed by atoms with Gasteiger partial charge in [0.25, 0.3) is 0 Å². The van der Waals surface area contributed by atoms with E-state index in [1.165, 1.54) is 0 Å². The zero-order valence-corrected chi connectivity index (χ0v) is 7.32. The lowest BCUT2D eigenvalue weighted by atomic mass is 10.7. The summed E-state index contributed by atoms with van der Waals surface area (Å²) in [5.74, 6) is 0. The van der Waals surface area contributed by atoms with Gasteiger partial charge in [-0.25, -0.2) is 0 Å². The molecular weight excluding hydrogens is 236 g/mol. The molecule has 0 aliphatic carbocycles. The molecule has 0 aliphatic rings. The monoisotopic (exact) mass is 237 g/mol. The zero-order chi connectivity index (χ0) is 6.15. The van der Waals surface area contributed by atoms with Gasteiger partial charge in [-0.15, -0.1) is 0 Å². The van der Waals surface area contributed by atoms with Crippen molar-refractivity contribution in [2.75, 3.05) is 0 Å². The summed E-state index contributed by atoms with van der Waals surface area (Å²) in [5.41, 5.74) is 0. The Balaban J connectivity index is 3.19. The Morgan fingerprint density at radius 2 is 2.25 bits per heavy atom. The van der Waals surface area contributed by atoms with Crippen molar-refractivity contribution >= 4 is 31.9 Å². The molecule has 0 bridgehead atoms. The smallest absolute Gasteiger partial charge is 0.129 e. The van der Waals surface area contributed by atoms with Crippen LogP contribution >= 0.6 is 31.9 Å². The quantitative estimate of drug-likeness (QED) is 0.674. The highest BCUT2D eigenvalue weighted by Crippen LogP contribution is 2.19. The molecule has 0 amide bonds. The molecule has 0 saturated carbocycles. The van der Waals surface area contributed by atoms with Gasteiger partial charge >= 0.3 is 0 Å². The van der Waals surface area contributed by atoms with E-state index in [0.717, 1.165) is 9.08 Å². The summed E-state index contributed by atoms with van der Waals surface area (Å²) in [6, 6.07) is 0. The van der Waals surface area contributed by atoms with Gasteiger partial charge in [-0.05, 0) is 31.9 Å². The molecule has 1 aromatic heterocycles. The van der Waals surface area contributed by atoms with Gasteiger partial charge in [0, 0.05) is 7.05 Å². The summed E-state index contributed by atoms with van der Waals surface area (Å²) >= 11 is 6.50. The third-order valence-electron chi connectivity index (χ3n) is 0.763. The van der Waals surface area contributed by atoms with Crippen LogP contribution in [0.4, 0.5) is 0 Å². The van der Waals surface area contributed by atoms with E-state index < -0.39 is 0 Å². The predicted octanol–water partition coefficient (Wildman–Crippen LogP) is 1.75. The average molecular weight is 239 g/mol. The van der Waals surface area contributed by atoms with Crippen LogP contribution in [0.2, 0.25) is 0 Å². The van der Waals surface area contributed by atoms with Crippen LogP contribution in [0.3, 0.4) is 0 Å². The first-order valence-electron chi connectivity index (χ1n) is 1.97. The fourth-order valence-corrected chi connectivity index (χ4v) is 0.855. The maximum Gasteiger partial charge on any atom is 0.129 e. The van der Waals surface area contributed by atoms with Crippen LogP contribution < -0.4 is 0 Å². The molecule has 0 saturated heterocycles. The second-order valence-electron chi connectivity index (χ2n) is 1.34. The molecule has 0 N–H and O–H groups in total. The average Bonchev–Trinajstić information content (AvgIpc) is 1.98. The van der Waals surface area contributed by atoms with E-state index >= 15 is 0 Å². The number of aromatic nitrogens is 2. The van der Waals surface area contributed by atoms with Crippen LogP contribution in [0.15, 0.2) is 9.08 Å². The second-order valence-corrected chi connectivity index (χ2v) is 2.88. The summed E-state index contributed by atoms with van der Waals surface area (Å²) in [6.45, 7) is 0. The van der Waals surface area contributed by atoms with E-state index in [0.29, 0.717) is 0 Å². The van der Waals surface area contributed by atoms with Gasteiger partial charge in [-0.3, -0.25) is 4.68 Å². The Morgan fingerprint density at radius 3 is 2.38 bits per heavy atom. The highest BCUT2D eigenvalue weighted by atomic mass is 79.9. The fraction of sp³-hybridized carbons (Fsp3) is 0.250. The highest BCUT2D eigenvalue weighted by Gasteiger charge is 1.99. The molecule has 0 atom stereocenters. The van der Waals surface area contributed by atoms with Gasteiger partial charge < -0.3 is 0 Å². The Bertz CT molecular complexity index is 174. The largest absolute Gasteiger partial charge is 0.260 e. The minimum atomic E-state index is 0.861. The number of hydrogen-bond acceptors (Lipinski definition) is 1. The van der Waals surface area contributed by atoms with E-state index in [1.54, 1.807) is 4.68 Å². The standard InChI is InChI=1S/C4H3Br2N2/c1-8-4(6)3(5)2-7-8/h1H3. The molecule has 1 rings (SSSR count). The van der Waals surface area contributed by atoms with Crippen molar-refractivity contribution in [2.45, 2.75) is 0 Å². The Kier molecular flexibility index (Phi) is 1.72. The lowest BCUT2D eigenvalue weighted by Crippen LogP contribution is -1.87. The number of nitrogens with zero attached hydrogens (tertiary/aromatic N) is 2. The molecule has 0 fully saturated rings. The van der Waals surface area contributed by atoms with Crippen LogP contribution in [-0.4, -0.2) is 9.78 Å². The summed E-state index contributed by atoms with van der Waals surface area (Å²) in [6.07, 6.45) is 2.72. The molecule has 2 nitrogen and oxygen atoms in total. The molecule has 43 valence electrons. The lowest BCUT2D eigenvalue weighted by Gasteiger charge is -1.87. The summed E-state index contributed by atoms with van der Waals surface area (Å²) in [5, 5.41) is 3.81. The SMILES string of the molecule is Cn1n[c]c(Br)c1Br. The molecule has 8 heavy (non-hydrogen) atoms. The van der Waals surface area contributed by atoms with Crippen molar-refractivity contribution in [1.29, 1.82) is 0 Å². The van der Waals surface area contributed by atoms with Crippen molar-refractivity contribution in [2.24, 2.45) is 7.05 Å². The normalized spacial score (nSPS) is 9.88. The number of aryl methyl sites for hydroxylation is 1. The Hall–Kier alpha value is 0.170. The lowest BCUT2D eigenvalue weighted by molar-refractivity contribution is 0.747. The highest BCUT2D eigenvalue weighted by molar-refractivity contribution is 9.13. The van der Waals surface area contributed by atoms with Gasteiger partial charge in [0.05, 0.1) is 4.47 Å². The number of halogens is 2. The van der Waals surface area contributed by atoms with Crippen LogP contribution in [0.25, 0.3) is 0 Å². The van der Waals surface area contributed by atoms with Gasteiger partial charge in [0.15, 0.2) is 0 Å². The van der Waals surface area contributed by atoms with Crippen molar-refractivity contribution in [3.8, 4) is 0 Å². The van der Waals surface area contributed by atoms with Crippen molar-refractivity contribution < 1.29 is 0 Å². The second kappa shape index (κ2) is 2.19. The van der Waals surface area contributed by atoms with E-state index in [1.807, 2.05) is 7.05 Å². The van der Waals surface area contributed by atoms with Crippen LogP contribution in [0.5, 0.6) is 0 Å². The molecular formula is C4H3Br2N2. The Labute approximate surface area is 64.1 Å². The topological polar surface area (TPSA) is 17.8 Å². The minimum Gasteiger partial charge on any atom is -0.260 e. The number of hydrogen-bond donors (Lipinski definition) is 0. The van der Waals surface area contributed by atoms with E-state index in [-0.39, 0.29) is 0 Å². The maximum atomic E-state index is 3.81. The summed E-state index contributed by atoms with van der Waals surface area (Å²) in [4.78, 5) is 0. The van der Waals surface area contributed by atoms with Crippen LogP contribution in [0, 0.1) is 6.20 Å². The molecule has 0 spiro atoms. The van der Waals surface area contributed by atoms with Crippen LogP contribution in [-0.2, 0) is 7.05 Å². The fourth-order valence-electron chi connectivity index (χ4n) is 0.351. The third kappa shape index (κ3) is 0.951. The first-order chi connectivity index (χ1) is 3.72. The van der Waals surface area contributed by atoms with Gasteiger partial charge in [-0.1, -0.05) is 0 Å². The molecule has 1 aromatic rings. The molecule has 0 aromatic carbocycles. The molecule has 0 aliphatic heterocycles. The van der Waals surface area contributed by atoms with Gasteiger partial charge in [-0.2, -0.15) is 5.10 Å². The zero-order valence-electron chi connectivity index (χ0n) is 4.15. The summed E-state index contributed by atoms with van der Waals surface area (Å²) < 4.78 is 3.46. The maximum absolute atomic E-state index is 3.81. The van der Waals surface area contributed by atoms with Crippen molar-refractivity contribution in [1.82, 2.24) is 9.78 Å². The molecule has 0 unspecified atom stereocenters. The van der Waals surface area contributed by atoms with E-state index in [2.05, 4.69) is 43.2 Å². The minimum absolute atomic E-state index is 0.861. The third-order valence-corrected chi connectivity index (χ3v) is 2.76. The molecule has 1 heterocycles. The van der Waals surface area contributed by atoms with E-state index in [9.17, 15) is 0 Å². The van der Waals surface area contributed by atoms with Crippen molar-refractivity contribution in [3.05, 3.63) is 15.3 Å². The van der Waals surface area contributed by atoms with Gasteiger partial charge in [0.2, 0.25) is 0 Å². The molecule has 4 heteroatoms. The number of rotatable bonds is 0. The van der Waals surface area contributed by atoms with Gasteiger partial charge in [0.1, 0.15) is 10.8 Å². The predicted molar refractivity (Wildman–Crippen MR) is 37.4 cm³/mol. The first-order valence-corrected chi connectivity index (χ1v) is 3.56. The Morgan fingerprint density at radius 1 is 1.62 bits per heavy atom. The van der Waals surface area contributed by atoms with E-state index in [4.69, 9.17) is 0 Å². The summed E-state index contributed by atoms with van der Waals surface area (Å²) in [7, 11) is 1.84.